The number of fused-ring (bicyclic) bond motifs is 1. The van der Waals surface area contributed by atoms with Gasteiger partial charge >= 0.3 is 0 Å². The van der Waals surface area contributed by atoms with Crippen LogP contribution in [0.5, 0.6) is 5.75 Å². The Kier molecular flexibility index (Phi) is 2.99. The van der Waals surface area contributed by atoms with Crippen LogP contribution in [-0.2, 0) is 0 Å². The normalized spacial score (nSPS) is 10.7. The highest BCUT2D eigenvalue weighted by Crippen LogP contribution is 2.23. The third-order valence-electron chi connectivity index (χ3n) is 3.19. The van der Waals surface area contributed by atoms with Crippen LogP contribution in [0.4, 0.5) is 4.39 Å². The zero-order valence-electron chi connectivity index (χ0n) is 10.8. The van der Waals surface area contributed by atoms with Gasteiger partial charge in [-0.05, 0) is 35.7 Å². The molecule has 0 unspecified atom stereocenters. The van der Waals surface area contributed by atoms with Gasteiger partial charge in [0.1, 0.15) is 11.6 Å². The van der Waals surface area contributed by atoms with Gasteiger partial charge < -0.3 is 9.72 Å². The maximum atomic E-state index is 13.2. The average Bonchev–Trinajstić information content (AvgIpc) is 2.48. The van der Waals surface area contributed by atoms with E-state index >= 15 is 0 Å². The first-order valence-electron chi connectivity index (χ1n) is 6.14. The molecule has 0 fully saturated rings. The molecule has 1 aromatic heterocycles. The van der Waals surface area contributed by atoms with Gasteiger partial charge in [0, 0.05) is 16.6 Å². The fourth-order valence-corrected chi connectivity index (χ4v) is 2.18. The van der Waals surface area contributed by atoms with Crippen LogP contribution >= 0.6 is 0 Å². The van der Waals surface area contributed by atoms with E-state index in [9.17, 15) is 9.18 Å². The van der Waals surface area contributed by atoms with Gasteiger partial charge in [0.25, 0.3) is 5.56 Å². The van der Waals surface area contributed by atoms with Crippen molar-refractivity contribution in [3.05, 3.63) is 64.7 Å². The minimum atomic E-state index is -0.419. The van der Waals surface area contributed by atoms with E-state index in [2.05, 4.69) is 4.98 Å². The largest absolute Gasteiger partial charge is 0.497 e. The summed E-state index contributed by atoms with van der Waals surface area (Å²) < 4.78 is 18.3. The SMILES string of the molecule is COc1cccc(-c2cc3ccc(F)cc3c(=O)[nH]2)c1. The predicted molar refractivity (Wildman–Crippen MR) is 76.5 cm³/mol. The summed E-state index contributed by atoms with van der Waals surface area (Å²) in [7, 11) is 1.59. The number of pyridine rings is 1. The van der Waals surface area contributed by atoms with Gasteiger partial charge in [-0.3, -0.25) is 4.79 Å². The molecule has 100 valence electrons. The van der Waals surface area contributed by atoms with Crippen molar-refractivity contribution in [3.8, 4) is 17.0 Å². The second-order valence-electron chi connectivity index (χ2n) is 4.48. The van der Waals surface area contributed by atoms with Crippen LogP contribution in [0.2, 0.25) is 0 Å². The number of rotatable bonds is 2. The standard InChI is InChI=1S/C16H12FNO2/c1-20-13-4-2-3-11(7-13)15-8-10-5-6-12(17)9-14(10)16(19)18-15/h2-9H,1H3,(H,18,19). The minimum Gasteiger partial charge on any atom is -0.497 e. The summed E-state index contributed by atoms with van der Waals surface area (Å²) in [4.78, 5) is 14.8. The molecule has 0 aliphatic rings. The molecule has 0 aliphatic heterocycles. The molecule has 0 aliphatic carbocycles. The molecule has 0 amide bonds. The van der Waals surface area contributed by atoms with Crippen molar-refractivity contribution in [1.29, 1.82) is 0 Å². The van der Waals surface area contributed by atoms with Gasteiger partial charge in [0.05, 0.1) is 7.11 Å². The summed E-state index contributed by atoms with van der Waals surface area (Å²) in [5, 5.41) is 1.05. The van der Waals surface area contributed by atoms with E-state index in [1.807, 2.05) is 30.3 Å². The van der Waals surface area contributed by atoms with E-state index in [-0.39, 0.29) is 5.56 Å². The summed E-state index contributed by atoms with van der Waals surface area (Å²) >= 11 is 0. The zero-order chi connectivity index (χ0) is 14.1. The van der Waals surface area contributed by atoms with Crippen molar-refractivity contribution in [2.45, 2.75) is 0 Å². The van der Waals surface area contributed by atoms with E-state index < -0.39 is 5.82 Å². The van der Waals surface area contributed by atoms with Crippen LogP contribution in [-0.4, -0.2) is 12.1 Å². The summed E-state index contributed by atoms with van der Waals surface area (Å²) in [5.74, 6) is 0.291. The van der Waals surface area contributed by atoms with Crippen LogP contribution in [0.25, 0.3) is 22.0 Å². The number of ether oxygens (including phenoxy) is 1. The van der Waals surface area contributed by atoms with Crippen molar-refractivity contribution in [1.82, 2.24) is 4.98 Å². The Labute approximate surface area is 114 Å². The van der Waals surface area contributed by atoms with E-state index in [1.54, 1.807) is 13.2 Å². The van der Waals surface area contributed by atoms with Gasteiger partial charge in [-0.25, -0.2) is 4.39 Å². The Morgan fingerprint density at radius 3 is 2.75 bits per heavy atom. The number of hydrogen-bond acceptors (Lipinski definition) is 2. The molecular weight excluding hydrogens is 257 g/mol. The second kappa shape index (κ2) is 4.81. The summed E-state index contributed by atoms with van der Waals surface area (Å²) in [6, 6.07) is 13.4. The number of halogens is 1. The van der Waals surface area contributed by atoms with Crippen LogP contribution in [0.15, 0.2) is 53.3 Å². The Morgan fingerprint density at radius 2 is 1.95 bits per heavy atom. The van der Waals surface area contributed by atoms with Gasteiger partial charge in [0.2, 0.25) is 0 Å². The average molecular weight is 269 g/mol. The first-order chi connectivity index (χ1) is 9.67. The van der Waals surface area contributed by atoms with Gasteiger partial charge in [-0.1, -0.05) is 18.2 Å². The van der Waals surface area contributed by atoms with E-state index in [0.29, 0.717) is 22.2 Å². The van der Waals surface area contributed by atoms with Crippen LogP contribution < -0.4 is 10.3 Å². The number of aromatic nitrogens is 1. The number of H-pyrrole nitrogens is 1. The highest BCUT2D eigenvalue weighted by molar-refractivity contribution is 5.85. The number of hydrogen-bond donors (Lipinski definition) is 1. The van der Waals surface area contributed by atoms with Gasteiger partial charge in [-0.15, -0.1) is 0 Å². The summed E-state index contributed by atoms with van der Waals surface area (Å²) in [5.41, 5.74) is 1.21. The molecule has 0 bridgehead atoms. The van der Waals surface area contributed by atoms with Crippen molar-refractivity contribution in [3.63, 3.8) is 0 Å². The molecule has 1 N–H and O–H groups in total. The zero-order valence-corrected chi connectivity index (χ0v) is 10.8. The van der Waals surface area contributed by atoms with Gasteiger partial charge in [0.15, 0.2) is 0 Å². The topological polar surface area (TPSA) is 42.1 Å². The molecule has 2 aromatic carbocycles. The fourth-order valence-electron chi connectivity index (χ4n) is 2.18. The summed E-state index contributed by atoms with van der Waals surface area (Å²) in [6.45, 7) is 0. The fraction of sp³-hybridized carbons (Fsp3) is 0.0625. The lowest BCUT2D eigenvalue weighted by atomic mass is 10.1. The lowest BCUT2D eigenvalue weighted by Gasteiger charge is -2.06. The summed E-state index contributed by atoms with van der Waals surface area (Å²) in [6.07, 6.45) is 0. The van der Waals surface area contributed by atoms with Crippen molar-refractivity contribution >= 4 is 10.8 Å². The smallest absolute Gasteiger partial charge is 0.256 e. The Balaban J connectivity index is 2.22. The van der Waals surface area contributed by atoms with E-state index in [1.165, 1.54) is 12.1 Å². The van der Waals surface area contributed by atoms with Crippen molar-refractivity contribution < 1.29 is 9.13 Å². The highest BCUT2D eigenvalue weighted by atomic mass is 19.1. The highest BCUT2D eigenvalue weighted by Gasteiger charge is 2.06. The molecule has 0 spiro atoms. The number of benzene rings is 2. The molecule has 20 heavy (non-hydrogen) atoms. The third kappa shape index (κ3) is 2.16. The number of nitrogens with one attached hydrogen (secondary N) is 1. The quantitative estimate of drug-likeness (QED) is 0.775. The first-order valence-corrected chi connectivity index (χ1v) is 6.14. The second-order valence-corrected chi connectivity index (χ2v) is 4.48. The van der Waals surface area contributed by atoms with E-state index in [4.69, 9.17) is 4.74 Å². The molecule has 0 radical (unpaired) electrons. The molecule has 4 heteroatoms. The minimum absolute atomic E-state index is 0.306. The maximum absolute atomic E-state index is 13.2. The molecule has 0 atom stereocenters. The molecule has 0 saturated heterocycles. The lowest BCUT2D eigenvalue weighted by Crippen LogP contribution is -2.07. The molecule has 3 aromatic rings. The van der Waals surface area contributed by atoms with Crippen molar-refractivity contribution in [2.75, 3.05) is 7.11 Å². The van der Waals surface area contributed by atoms with Crippen LogP contribution in [0.1, 0.15) is 0 Å². The Bertz CT molecular complexity index is 839. The van der Waals surface area contributed by atoms with Gasteiger partial charge in [-0.2, -0.15) is 0 Å². The lowest BCUT2D eigenvalue weighted by molar-refractivity contribution is 0.415. The van der Waals surface area contributed by atoms with Crippen molar-refractivity contribution in [2.24, 2.45) is 0 Å². The molecule has 3 rings (SSSR count). The number of methoxy groups -OCH3 is 1. The molecule has 1 heterocycles. The van der Waals surface area contributed by atoms with Crippen LogP contribution in [0, 0.1) is 5.82 Å². The monoisotopic (exact) mass is 269 g/mol. The van der Waals surface area contributed by atoms with Crippen LogP contribution in [0.3, 0.4) is 0 Å². The van der Waals surface area contributed by atoms with E-state index in [0.717, 1.165) is 5.56 Å². The Morgan fingerprint density at radius 1 is 1.10 bits per heavy atom. The Hall–Kier alpha value is -2.62. The number of aromatic amines is 1. The molecule has 3 nitrogen and oxygen atoms in total. The molecule has 0 saturated carbocycles. The predicted octanol–water partition coefficient (Wildman–Crippen LogP) is 3.34. The first kappa shape index (κ1) is 12.4. The maximum Gasteiger partial charge on any atom is 0.256 e. The third-order valence-corrected chi connectivity index (χ3v) is 3.19. The molecular formula is C16H12FNO2.